The van der Waals surface area contributed by atoms with Crippen LogP contribution in [0.5, 0.6) is 5.75 Å². The second-order valence-electron chi connectivity index (χ2n) is 8.52. The summed E-state index contributed by atoms with van der Waals surface area (Å²) in [5, 5.41) is 0. The Balaban J connectivity index is 1.89. The zero-order chi connectivity index (χ0) is 21.7. The van der Waals surface area contributed by atoms with E-state index in [1.54, 1.807) is 12.0 Å². The molecule has 6 heteroatoms. The Morgan fingerprint density at radius 1 is 1.20 bits per heavy atom. The third-order valence-corrected chi connectivity index (χ3v) is 6.68. The number of hydrogen-bond donors (Lipinski definition) is 0. The fraction of sp³-hybridized carbons (Fsp3) is 0.583. The molecule has 1 saturated carbocycles. The lowest BCUT2D eigenvalue weighted by Crippen LogP contribution is -2.47. The molecular weight excluding hydrogens is 382 g/mol. The van der Waals surface area contributed by atoms with E-state index in [-0.39, 0.29) is 30.1 Å². The van der Waals surface area contributed by atoms with Crippen LogP contribution in [0.3, 0.4) is 0 Å². The lowest BCUT2D eigenvalue weighted by atomic mass is 9.60. The molecule has 3 rings (SSSR count). The normalized spacial score (nSPS) is 26.7. The Labute approximate surface area is 179 Å². The molecule has 0 spiro atoms. The van der Waals surface area contributed by atoms with Gasteiger partial charge in [-0.1, -0.05) is 24.3 Å². The second kappa shape index (κ2) is 9.65. The van der Waals surface area contributed by atoms with Crippen molar-refractivity contribution in [3.63, 3.8) is 0 Å². The van der Waals surface area contributed by atoms with Gasteiger partial charge < -0.3 is 19.1 Å². The number of allylic oxidation sites excluding steroid dienone is 1. The highest BCUT2D eigenvalue weighted by atomic mass is 16.5. The maximum Gasteiger partial charge on any atom is 0.312 e. The van der Waals surface area contributed by atoms with Crippen LogP contribution in [-0.4, -0.2) is 57.3 Å². The smallest absolute Gasteiger partial charge is 0.312 e. The predicted octanol–water partition coefficient (Wildman–Crippen LogP) is 3.56. The van der Waals surface area contributed by atoms with Crippen LogP contribution >= 0.6 is 0 Å². The first kappa shape index (κ1) is 22.3. The van der Waals surface area contributed by atoms with Crippen molar-refractivity contribution < 1.29 is 23.8 Å². The Kier molecular flexibility index (Phi) is 7.19. The number of carbonyl (C=O) groups is 2. The molecule has 0 radical (unpaired) electrons. The molecule has 2 aliphatic rings. The van der Waals surface area contributed by atoms with E-state index in [1.807, 2.05) is 19.1 Å². The van der Waals surface area contributed by atoms with Gasteiger partial charge in [-0.15, -0.1) is 0 Å². The van der Waals surface area contributed by atoms with Crippen molar-refractivity contribution in [2.75, 3.05) is 40.5 Å². The SMILES string of the molecule is C=C(C)[C@@H]1CC[C@](CC(=O)N2CCOCC2)(C(=O)OC)C[C@H]1c1ccc(OC)cc1. The molecule has 164 valence electrons. The highest BCUT2D eigenvalue weighted by Crippen LogP contribution is 2.51. The van der Waals surface area contributed by atoms with Gasteiger partial charge in [0, 0.05) is 19.5 Å². The summed E-state index contributed by atoms with van der Waals surface area (Å²) in [7, 11) is 3.06. The first-order valence-corrected chi connectivity index (χ1v) is 10.6. The summed E-state index contributed by atoms with van der Waals surface area (Å²) in [6.07, 6.45) is 2.17. The van der Waals surface area contributed by atoms with E-state index in [0.717, 1.165) is 23.3 Å². The van der Waals surface area contributed by atoms with Crippen molar-refractivity contribution in [1.82, 2.24) is 4.90 Å². The van der Waals surface area contributed by atoms with Gasteiger partial charge in [0.1, 0.15) is 5.75 Å². The fourth-order valence-corrected chi connectivity index (χ4v) is 4.94. The lowest BCUT2D eigenvalue weighted by Gasteiger charge is -2.44. The van der Waals surface area contributed by atoms with Gasteiger partial charge in [0.2, 0.25) is 5.91 Å². The Morgan fingerprint density at radius 3 is 2.43 bits per heavy atom. The van der Waals surface area contributed by atoms with Crippen molar-refractivity contribution in [1.29, 1.82) is 0 Å². The molecule has 0 unspecified atom stereocenters. The predicted molar refractivity (Wildman–Crippen MR) is 114 cm³/mol. The van der Waals surface area contributed by atoms with Crippen LogP contribution in [0.25, 0.3) is 0 Å². The summed E-state index contributed by atoms with van der Waals surface area (Å²) in [6.45, 7) is 8.49. The number of nitrogens with zero attached hydrogens (tertiary/aromatic N) is 1. The summed E-state index contributed by atoms with van der Waals surface area (Å²) < 4.78 is 15.9. The maximum atomic E-state index is 13.1. The van der Waals surface area contributed by atoms with Crippen LogP contribution in [0.1, 0.15) is 44.1 Å². The molecule has 1 aromatic rings. The number of esters is 1. The van der Waals surface area contributed by atoms with Gasteiger partial charge in [0.05, 0.1) is 32.8 Å². The summed E-state index contributed by atoms with van der Waals surface area (Å²) in [4.78, 5) is 27.9. The highest BCUT2D eigenvalue weighted by Gasteiger charge is 2.49. The zero-order valence-corrected chi connectivity index (χ0v) is 18.3. The minimum absolute atomic E-state index is 0.00551. The van der Waals surface area contributed by atoms with Crippen LogP contribution < -0.4 is 4.74 Å². The van der Waals surface area contributed by atoms with Gasteiger partial charge in [-0.25, -0.2) is 0 Å². The number of hydrogen-bond acceptors (Lipinski definition) is 5. The standard InChI is InChI=1S/C24H33NO5/c1-17(2)20-9-10-24(23(27)29-4,16-22(26)25-11-13-30-14-12-25)15-21(20)18-5-7-19(28-3)8-6-18/h5-8,20-21H,1,9-16H2,2-4H3/t20-,21-,24-/m0/s1. The average molecular weight is 416 g/mol. The first-order valence-electron chi connectivity index (χ1n) is 10.6. The van der Waals surface area contributed by atoms with Gasteiger partial charge in [-0.3, -0.25) is 9.59 Å². The lowest BCUT2D eigenvalue weighted by molar-refractivity contribution is -0.161. The van der Waals surface area contributed by atoms with E-state index in [0.29, 0.717) is 39.1 Å². The molecule has 1 amide bonds. The number of carbonyl (C=O) groups excluding carboxylic acids is 2. The Bertz CT molecular complexity index is 768. The number of methoxy groups -OCH3 is 2. The van der Waals surface area contributed by atoms with Gasteiger partial charge in [0.15, 0.2) is 0 Å². The van der Waals surface area contributed by atoms with Gasteiger partial charge in [0.25, 0.3) is 0 Å². The topological polar surface area (TPSA) is 65.1 Å². The molecular formula is C24H33NO5. The third kappa shape index (κ3) is 4.69. The van der Waals surface area contributed by atoms with E-state index < -0.39 is 5.41 Å². The largest absolute Gasteiger partial charge is 0.497 e. The molecule has 0 aromatic heterocycles. The Hall–Kier alpha value is -2.34. The van der Waals surface area contributed by atoms with Crippen LogP contribution in [-0.2, 0) is 19.1 Å². The summed E-state index contributed by atoms with van der Waals surface area (Å²) in [5.41, 5.74) is 1.42. The van der Waals surface area contributed by atoms with E-state index in [2.05, 4.69) is 18.7 Å². The molecule has 1 heterocycles. The molecule has 6 nitrogen and oxygen atoms in total. The number of morpholine rings is 1. The summed E-state index contributed by atoms with van der Waals surface area (Å²) in [6, 6.07) is 7.99. The molecule has 0 N–H and O–H groups in total. The Morgan fingerprint density at radius 2 is 1.87 bits per heavy atom. The average Bonchev–Trinajstić information content (AvgIpc) is 2.78. The van der Waals surface area contributed by atoms with E-state index in [1.165, 1.54) is 7.11 Å². The minimum atomic E-state index is -0.819. The number of ether oxygens (including phenoxy) is 3. The number of amides is 1. The molecule has 1 saturated heterocycles. The first-order chi connectivity index (χ1) is 14.4. The highest BCUT2D eigenvalue weighted by molar-refractivity contribution is 5.86. The molecule has 1 aliphatic carbocycles. The van der Waals surface area contributed by atoms with Crippen molar-refractivity contribution in [2.45, 2.75) is 38.5 Å². The van der Waals surface area contributed by atoms with Crippen LogP contribution in [0, 0.1) is 11.3 Å². The maximum absolute atomic E-state index is 13.1. The molecule has 0 bridgehead atoms. The molecule has 1 aromatic carbocycles. The molecule has 2 fully saturated rings. The fourth-order valence-electron chi connectivity index (χ4n) is 4.94. The monoisotopic (exact) mass is 415 g/mol. The van der Waals surface area contributed by atoms with Crippen molar-refractivity contribution in [3.05, 3.63) is 42.0 Å². The van der Waals surface area contributed by atoms with E-state index in [4.69, 9.17) is 14.2 Å². The summed E-state index contributed by atoms with van der Waals surface area (Å²) >= 11 is 0. The summed E-state index contributed by atoms with van der Waals surface area (Å²) in [5.74, 6) is 0.866. The van der Waals surface area contributed by atoms with Crippen molar-refractivity contribution in [2.24, 2.45) is 11.3 Å². The second-order valence-corrected chi connectivity index (χ2v) is 8.52. The third-order valence-electron chi connectivity index (χ3n) is 6.68. The van der Waals surface area contributed by atoms with Crippen LogP contribution in [0.4, 0.5) is 0 Å². The van der Waals surface area contributed by atoms with Crippen LogP contribution in [0.15, 0.2) is 36.4 Å². The zero-order valence-electron chi connectivity index (χ0n) is 18.3. The van der Waals surface area contributed by atoms with Gasteiger partial charge >= 0.3 is 5.97 Å². The van der Waals surface area contributed by atoms with E-state index in [9.17, 15) is 9.59 Å². The van der Waals surface area contributed by atoms with Crippen LogP contribution in [0.2, 0.25) is 0 Å². The quantitative estimate of drug-likeness (QED) is 0.525. The van der Waals surface area contributed by atoms with Crippen molar-refractivity contribution in [3.8, 4) is 5.75 Å². The van der Waals surface area contributed by atoms with Gasteiger partial charge in [-0.2, -0.15) is 0 Å². The minimum Gasteiger partial charge on any atom is -0.497 e. The van der Waals surface area contributed by atoms with E-state index >= 15 is 0 Å². The number of benzene rings is 1. The molecule has 3 atom stereocenters. The van der Waals surface area contributed by atoms with Gasteiger partial charge in [-0.05, 0) is 55.7 Å². The molecule has 30 heavy (non-hydrogen) atoms. The number of rotatable bonds is 6. The van der Waals surface area contributed by atoms with Crippen molar-refractivity contribution >= 4 is 11.9 Å². The molecule has 1 aliphatic heterocycles.